The molecule has 5 nitrogen and oxygen atoms in total. The fourth-order valence-electron chi connectivity index (χ4n) is 2.17. The molecule has 0 radical (unpaired) electrons. The average molecular weight is 321 g/mol. The first-order chi connectivity index (χ1) is 11.2. The summed E-state index contributed by atoms with van der Waals surface area (Å²) in [6.45, 7) is 3.15. The zero-order valence-corrected chi connectivity index (χ0v) is 14.1. The molecule has 0 aliphatic heterocycles. The number of amides is 1. The van der Waals surface area contributed by atoms with Crippen LogP contribution in [0.4, 0.5) is 0 Å². The van der Waals surface area contributed by atoms with E-state index in [0.29, 0.717) is 18.8 Å². The van der Waals surface area contributed by atoms with Gasteiger partial charge in [0.15, 0.2) is 6.61 Å². The molecular formula is C18H27NO4. The van der Waals surface area contributed by atoms with Crippen molar-refractivity contribution in [2.45, 2.75) is 39.0 Å². The van der Waals surface area contributed by atoms with Crippen molar-refractivity contribution in [2.75, 3.05) is 26.8 Å². The molecule has 0 atom stereocenters. The molecule has 0 saturated carbocycles. The summed E-state index contributed by atoms with van der Waals surface area (Å²) in [7, 11) is 1.36. The summed E-state index contributed by atoms with van der Waals surface area (Å²) in [4.78, 5) is 25.3. The van der Waals surface area contributed by atoms with Crippen molar-refractivity contribution in [1.82, 2.24) is 4.90 Å². The van der Waals surface area contributed by atoms with E-state index in [4.69, 9.17) is 4.74 Å². The predicted octanol–water partition coefficient (Wildman–Crippen LogP) is 3.04. The van der Waals surface area contributed by atoms with E-state index in [2.05, 4.69) is 11.7 Å². The maximum absolute atomic E-state index is 12.3. The van der Waals surface area contributed by atoms with Crippen molar-refractivity contribution in [3.63, 3.8) is 0 Å². The van der Waals surface area contributed by atoms with Crippen LogP contribution in [0, 0.1) is 0 Å². The number of hydrogen-bond donors (Lipinski definition) is 0. The van der Waals surface area contributed by atoms with Gasteiger partial charge in [-0.2, -0.15) is 0 Å². The highest BCUT2D eigenvalue weighted by molar-refractivity contribution is 5.78. The zero-order valence-electron chi connectivity index (χ0n) is 14.1. The third-order valence-electron chi connectivity index (χ3n) is 3.55. The van der Waals surface area contributed by atoms with Gasteiger partial charge >= 0.3 is 5.97 Å². The van der Waals surface area contributed by atoms with Gasteiger partial charge in [-0.3, -0.25) is 9.59 Å². The number of rotatable bonds is 11. The largest absolute Gasteiger partial charge is 0.484 e. The monoisotopic (exact) mass is 321 g/mol. The second-order valence-corrected chi connectivity index (χ2v) is 5.37. The Bertz CT molecular complexity index is 461. The lowest BCUT2D eigenvalue weighted by molar-refractivity contribution is -0.142. The van der Waals surface area contributed by atoms with Crippen molar-refractivity contribution in [2.24, 2.45) is 0 Å². The highest BCUT2D eigenvalue weighted by Gasteiger charge is 2.15. The minimum absolute atomic E-state index is 0.0149. The first-order valence-electron chi connectivity index (χ1n) is 8.19. The molecule has 5 heteroatoms. The molecule has 0 N–H and O–H groups in total. The summed E-state index contributed by atoms with van der Waals surface area (Å²) in [5.41, 5.74) is 0. The van der Waals surface area contributed by atoms with Gasteiger partial charge in [0.2, 0.25) is 0 Å². The molecule has 128 valence electrons. The van der Waals surface area contributed by atoms with Crippen LogP contribution in [0.2, 0.25) is 0 Å². The summed E-state index contributed by atoms with van der Waals surface area (Å²) in [6, 6.07) is 9.24. The van der Waals surface area contributed by atoms with E-state index in [9.17, 15) is 9.59 Å². The van der Waals surface area contributed by atoms with E-state index in [1.165, 1.54) is 7.11 Å². The smallest absolute Gasteiger partial charge is 0.307 e. The number of hydrogen-bond acceptors (Lipinski definition) is 4. The van der Waals surface area contributed by atoms with Crippen LogP contribution in [-0.4, -0.2) is 43.6 Å². The first-order valence-corrected chi connectivity index (χ1v) is 8.19. The number of para-hydroxylation sites is 1. The van der Waals surface area contributed by atoms with E-state index in [0.717, 1.165) is 25.7 Å². The van der Waals surface area contributed by atoms with Crippen LogP contribution in [0.15, 0.2) is 30.3 Å². The summed E-state index contributed by atoms with van der Waals surface area (Å²) in [6.07, 6.45) is 4.53. The van der Waals surface area contributed by atoms with Gasteiger partial charge in [-0.15, -0.1) is 0 Å². The highest BCUT2D eigenvalue weighted by atomic mass is 16.5. The molecule has 1 aromatic carbocycles. The van der Waals surface area contributed by atoms with Crippen LogP contribution >= 0.6 is 0 Å². The number of carbonyl (C=O) groups is 2. The van der Waals surface area contributed by atoms with E-state index in [1.54, 1.807) is 4.90 Å². The molecule has 0 unspecified atom stereocenters. The minimum Gasteiger partial charge on any atom is -0.484 e. The number of unbranched alkanes of at least 4 members (excludes halogenated alkanes) is 3. The van der Waals surface area contributed by atoms with Crippen molar-refractivity contribution < 1.29 is 19.1 Å². The molecule has 0 aliphatic carbocycles. The summed E-state index contributed by atoms with van der Waals surface area (Å²) >= 11 is 0. The van der Waals surface area contributed by atoms with Crippen LogP contribution in [-0.2, 0) is 14.3 Å². The van der Waals surface area contributed by atoms with Crippen LogP contribution < -0.4 is 4.74 Å². The van der Waals surface area contributed by atoms with Crippen molar-refractivity contribution in [1.29, 1.82) is 0 Å². The molecule has 23 heavy (non-hydrogen) atoms. The van der Waals surface area contributed by atoms with Gasteiger partial charge in [0.25, 0.3) is 5.91 Å². The van der Waals surface area contributed by atoms with Crippen molar-refractivity contribution in [3.8, 4) is 5.75 Å². The third kappa shape index (κ3) is 8.24. The minimum atomic E-state index is -0.305. The molecule has 1 amide bonds. The number of esters is 1. The van der Waals surface area contributed by atoms with Gasteiger partial charge in [0.1, 0.15) is 5.75 Å². The number of nitrogens with zero attached hydrogens (tertiary/aromatic N) is 1. The predicted molar refractivity (Wildman–Crippen MR) is 89.3 cm³/mol. The van der Waals surface area contributed by atoms with Crippen LogP contribution in [0.3, 0.4) is 0 Å². The lowest BCUT2D eigenvalue weighted by atomic mass is 10.2. The van der Waals surface area contributed by atoms with E-state index < -0.39 is 0 Å². The Balaban J connectivity index is 2.47. The standard InChI is InChI=1S/C18H27NO4/c1-3-4-5-9-13-19(14-12-18(21)22-2)17(20)15-23-16-10-7-6-8-11-16/h6-8,10-11H,3-5,9,12-15H2,1-2H3. The molecule has 0 aliphatic rings. The SMILES string of the molecule is CCCCCCN(CCC(=O)OC)C(=O)COc1ccccc1. The highest BCUT2D eigenvalue weighted by Crippen LogP contribution is 2.09. The van der Waals surface area contributed by atoms with Crippen LogP contribution in [0.5, 0.6) is 5.75 Å². The Morgan fingerprint density at radius 2 is 1.78 bits per heavy atom. The zero-order chi connectivity index (χ0) is 16.9. The topological polar surface area (TPSA) is 55.8 Å². The van der Waals surface area contributed by atoms with Crippen LogP contribution in [0.1, 0.15) is 39.0 Å². The molecule has 1 aromatic rings. The van der Waals surface area contributed by atoms with Crippen molar-refractivity contribution in [3.05, 3.63) is 30.3 Å². The molecule has 0 spiro atoms. The molecular weight excluding hydrogens is 294 g/mol. The molecule has 0 saturated heterocycles. The summed E-state index contributed by atoms with van der Waals surface area (Å²) < 4.78 is 10.1. The van der Waals surface area contributed by atoms with E-state index in [-0.39, 0.29) is 24.9 Å². The molecule has 0 bridgehead atoms. The number of benzene rings is 1. The van der Waals surface area contributed by atoms with Crippen molar-refractivity contribution >= 4 is 11.9 Å². The van der Waals surface area contributed by atoms with Gasteiger partial charge < -0.3 is 14.4 Å². The van der Waals surface area contributed by atoms with E-state index in [1.807, 2.05) is 30.3 Å². The van der Waals surface area contributed by atoms with Gasteiger partial charge in [0, 0.05) is 13.1 Å². The number of carbonyl (C=O) groups excluding carboxylic acids is 2. The first kappa shape index (κ1) is 19.0. The molecule has 0 fully saturated rings. The second-order valence-electron chi connectivity index (χ2n) is 5.37. The Labute approximate surface area is 138 Å². The lowest BCUT2D eigenvalue weighted by Gasteiger charge is -2.22. The maximum Gasteiger partial charge on any atom is 0.307 e. The number of ether oxygens (including phenoxy) is 2. The third-order valence-corrected chi connectivity index (χ3v) is 3.55. The van der Waals surface area contributed by atoms with Gasteiger partial charge in [0.05, 0.1) is 13.5 Å². The molecule has 0 heterocycles. The van der Waals surface area contributed by atoms with Gasteiger partial charge in [-0.05, 0) is 18.6 Å². The van der Waals surface area contributed by atoms with Gasteiger partial charge in [-0.25, -0.2) is 0 Å². The lowest BCUT2D eigenvalue weighted by Crippen LogP contribution is -2.37. The van der Waals surface area contributed by atoms with Gasteiger partial charge in [-0.1, -0.05) is 44.4 Å². The molecule has 1 rings (SSSR count). The van der Waals surface area contributed by atoms with E-state index >= 15 is 0 Å². The van der Waals surface area contributed by atoms with Crippen LogP contribution in [0.25, 0.3) is 0 Å². The maximum atomic E-state index is 12.3. The Kier molecular flexibility index (Phi) is 9.52. The number of methoxy groups -OCH3 is 1. The Hall–Kier alpha value is -2.04. The fourth-order valence-corrected chi connectivity index (χ4v) is 2.17. The Morgan fingerprint density at radius 3 is 2.43 bits per heavy atom. The second kappa shape index (κ2) is 11.5. The normalized spacial score (nSPS) is 10.2. The summed E-state index contributed by atoms with van der Waals surface area (Å²) in [5.74, 6) is 0.259. The summed E-state index contributed by atoms with van der Waals surface area (Å²) in [5, 5.41) is 0. The average Bonchev–Trinajstić information content (AvgIpc) is 2.59. The quantitative estimate of drug-likeness (QED) is 0.464. The Morgan fingerprint density at radius 1 is 1.04 bits per heavy atom. The molecule has 0 aromatic heterocycles. The fraction of sp³-hybridized carbons (Fsp3) is 0.556.